The predicted octanol–water partition coefficient (Wildman–Crippen LogP) is 1.59. The van der Waals surface area contributed by atoms with Gasteiger partial charge < -0.3 is 5.32 Å². The molecule has 0 amide bonds. The molecule has 0 aromatic rings. The monoisotopic (exact) mass is 245 g/mol. The molecule has 94 valence electrons. The second kappa shape index (κ2) is 3.98. The Labute approximate surface area is 98.9 Å². The Morgan fingerprint density at radius 1 is 1.19 bits per heavy atom. The molecular weight excluding hydrogens is 222 g/mol. The van der Waals surface area contributed by atoms with Crippen LogP contribution >= 0.6 is 0 Å². The quantitative estimate of drug-likeness (QED) is 0.705. The van der Waals surface area contributed by atoms with Crippen LogP contribution in [-0.4, -0.2) is 32.0 Å². The molecule has 3 unspecified atom stereocenters. The summed E-state index contributed by atoms with van der Waals surface area (Å²) in [6, 6.07) is 0.220. The summed E-state index contributed by atoms with van der Waals surface area (Å²) in [6.07, 6.45) is 3.03. The summed E-state index contributed by atoms with van der Waals surface area (Å²) in [5.41, 5.74) is 0.234. The van der Waals surface area contributed by atoms with E-state index in [1.54, 1.807) is 0 Å². The first-order valence-electron chi connectivity index (χ1n) is 6.25. The van der Waals surface area contributed by atoms with Crippen molar-refractivity contribution in [1.82, 2.24) is 5.32 Å². The zero-order valence-electron chi connectivity index (χ0n) is 10.5. The van der Waals surface area contributed by atoms with E-state index in [2.05, 4.69) is 26.1 Å². The second-order valence-corrected chi connectivity index (χ2v) is 8.68. The summed E-state index contributed by atoms with van der Waals surface area (Å²) in [5, 5.41) is 3.24. The lowest BCUT2D eigenvalue weighted by Crippen LogP contribution is -2.55. The van der Waals surface area contributed by atoms with Crippen LogP contribution in [0, 0.1) is 11.3 Å². The number of sulfone groups is 1. The van der Waals surface area contributed by atoms with Gasteiger partial charge in [-0.25, -0.2) is 8.42 Å². The van der Waals surface area contributed by atoms with E-state index in [9.17, 15) is 8.42 Å². The van der Waals surface area contributed by atoms with Crippen molar-refractivity contribution in [3.8, 4) is 0 Å². The molecule has 1 heterocycles. The van der Waals surface area contributed by atoms with Gasteiger partial charge in [-0.3, -0.25) is 0 Å². The van der Waals surface area contributed by atoms with Crippen LogP contribution in [0.15, 0.2) is 0 Å². The van der Waals surface area contributed by atoms with Gasteiger partial charge in [0, 0.05) is 12.6 Å². The van der Waals surface area contributed by atoms with Crippen LogP contribution < -0.4 is 5.32 Å². The van der Waals surface area contributed by atoms with Crippen molar-refractivity contribution in [3.05, 3.63) is 0 Å². The lowest BCUT2D eigenvalue weighted by molar-refractivity contribution is 0.160. The number of nitrogens with one attached hydrogen (secondary N) is 1. The van der Waals surface area contributed by atoms with E-state index >= 15 is 0 Å². The van der Waals surface area contributed by atoms with Gasteiger partial charge in [0.05, 0.1) is 11.0 Å². The third-order valence-electron chi connectivity index (χ3n) is 4.27. The largest absolute Gasteiger partial charge is 0.312 e. The van der Waals surface area contributed by atoms with Gasteiger partial charge in [-0.2, -0.15) is 0 Å². The van der Waals surface area contributed by atoms with Crippen molar-refractivity contribution < 1.29 is 8.42 Å². The van der Waals surface area contributed by atoms with Crippen molar-refractivity contribution in [2.45, 2.75) is 51.3 Å². The molecule has 2 rings (SSSR count). The van der Waals surface area contributed by atoms with Crippen LogP contribution in [-0.2, 0) is 9.84 Å². The molecule has 1 saturated heterocycles. The predicted molar refractivity (Wildman–Crippen MR) is 66.2 cm³/mol. The van der Waals surface area contributed by atoms with Crippen molar-refractivity contribution in [2.75, 3.05) is 12.3 Å². The van der Waals surface area contributed by atoms with Gasteiger partial charge in [0.15, 0.2) is 9.84 Å². The summed E-state index contributed by atoms with van der Waals surface area (Å²) >= 11 is 0. The maximum Gasteiger partial charge on any atom is 0.155 e. The zero-order chi connectivity index (χ0) is 12.0. The molecule has 1 aliphatic carbocycles. The molecule has 4 heteroatoms. The van der Waals surface area contributed by atoms with Crippen LogP contribution in [0.3, 0.4) is 0 Å². The maximum absolute atomic E-state index is 12.0. The minimum atomic E-state index is -2.84. The van der Waals surface area contributed by atoms with E-state index in [0.29, 0.717) is 18.2 Å². The highest BCUT2D eigenvalue weighted by Crippen LogP contribution is 2.40. The van der Waals surface area contributed by atoms with Crippen LogP contribution in [0.4, 0.5) is 0 Å². The average Bonchev–Trinajstić information content (AvgIpc) is 2.15. The molecule has 2 aliphatic rings. The van der Waals surface area contributed by atoms with Gasteiger partial charge >= 0.3 is 0 Å². The molecular formula is C12H23NO2S. The first-order valence-corrected chi connectivity index (χ1v) is 7.97. The Bertz CT molecular complexity index is 356. The van der Waals surface area contributed by atoms with Crippen LogP contribution in [0.5, 0.6) is 0 Å². The number of hydrogen-bond acceptors (Lipinski definition) is 3. The van der Waals surface area contributed by atoms with Gasteiger partial charge in [0.1, 0.15) is 0 Å². The smallest absolute Gasteiger partial charge is 0.155 e. The molecule has 0 aromatic carbocycles. The lowest BCUT2D eigenvalue weighted by atomic mass is 9.71. The van der Waals surface area contributed by atoms with Crippen LogP contribution in [0.2, 0.25) is 0 Å². The summed E-state index contributed by atoms with van der Waals surface area (Å²) < 4.78 is 24.1. The zero-order valence-corrected chi connectivity index (χ0v) is 11.3. The minimum absolute atomic E-state index is 0.126. The standard InChI is InChI=1S/C12H23NO2S/c1-12(2,3)9-4-5-10-11(8-9)16(14,15)7-6-13-10/h9-11,13H,4-8H2,1-3H3. The van der Waals surface area contributed by atoms with Crippen molar-refractivity contribution in [3.63, 3.8) is 0 Å². The highest BCUT2D eigenvalue weighted by molar-refractivity contribution is 7.92. The Kier molecular flexibility index (Phi) is 3.08. The van der Waals surface area contributed by atoms with Crippen molar-refractivity contribution in [2.24, 2.45) is 11.3 Å². The molecule has 16 heavy (non-hydrogen) atoms. The van der Waals surface area contributed by atoms with E-state index in [1.165, 1.54) is 0 Å². The van der Waals surface area contributed by atoms with Gasteiger partial charge in [-0.05, 0) is 30.6 Å². The van der Waals surface area contributed by atoms with E-state index in [4.69, 9.17) is 0 Å². The number of fused-ring (bicyclic) bond motifs is 1. The minimum Gasteiger partial charge on any atom is -0.312 e. The van der Waals surface area contributed by atoms with Crippen molar-refractivity contribution >= 4 is 9.84 Å². The molecule has 1 N–H and O–H groups in total. The Morgan fingerprint density at radius 3 is 2.50 bits per heavy atom. The Morgan fingerprint density at radius 2 is 1.88 bits per heavy atom. The normalized spacial score (nSPS) is 39.1. The molecule has 1 saturated carbocycles. The SMILES string of the molecule is CC(C)(C)C1CCC2NCCS(=O)(=O)C2C1. The summed E-state index contributed by atoms with van der Waals surface area (Å²) in [6.45, 7) is 7.31. The van der Waals surface area contributed by atoms with E-state index in [-0.39, 0.29) is 16.7 Å². The van der Waals surface area contributed by atoms with Crippen LogP contribution in [0.25, 0.3) is 0 Å². The molecule has 2 fully saturated rings. The Balaban J connectivity index is 2.17. The van der Waals surface area contributed by atoms with E-state index in [0.717, 1.165) is 19.3 Å². The highest BCUT2D eigenvalue weighted by atomic mass is 32.2. The van der Waals surface area contributed by atoms with E-state index < -0.39 is 9.84 Å². The van der Waals surface area contributed by atoms with Crippen LogP contribution in [0.1, 0.15) is 40.0 Å². The molecule has 3 atom stereocenters. The van der Waals surface area contributed by atoms with Gasteiger partial charge in [-0.15, -0.1) is 0 Å². The van der Waals surface area contributed by atoms with Gasteiger partial charge in [0.25, 0.3) is 0 Å². The molecule has 0 bridgehead atoms. The first kappa shape index (κ1) is 12.4. The third kappa shape index (κ3) is 2.28. The summed E-state index contributed by atoms with van der Waals surface area (Å²) in [5.74, 6) is 0.869. The summed E-state index contributed by atoms with van der Waals surface area (Å²) in [7, 11) is -2.84. The van der Waals surface area contributed by atoms with Gasteiger partial charge in [0.2, 0.25) is 0 Å². The highest BCUT2D eigenvalue weighted by Gasteiger charge is 2.43. The summed E-state index contributed by atoms with van der Waals surface area (Å²) in [4.78, 5) is 0. The molecule has 0 spiro atoms. The molecule has 3 nitrogen and oxygen atoms in total. The second-order valence-electron chi connectivity index (χ2n) is 6.34. The molecule has 1 aliphatic heterocycles. The molecule has 0 radical (unpaired) electrons. The average molecular weight is 245 g/mol. The third-order valence-corrected chi connectivity index (χ3v) is 6.49. The number of hydrogen-bond donors (Lipinski definition) is 1. The first-order chi connectivity index (χ1) is 7.31. The number of rotatable bonds is 0. The van der Waals surface area contributed by atoms with Gasteiger partial charge in [-0.1, -0.05) is 20.8 Å². The fourth-order valence-electron chi connectivity index (χ4n) is 3.08. The molecule has 0 aromatic heterocycles. The van der Waals surface area contributed by atoms with E-state index in [1.807, 2.05) is 0 Å². The lowest BCUT2D eigenvalue weighted by Gasteiger charge is -2.43. The van der Waals surface area contributed by atoms with Crippen molar-refractivity contribution in [1.29, 1.82) is 0 Å². The Hall–Kier alpha value is -0.0900. The fraction of sp³-hybridized carbons (Fsp3) is 1.00. The topological polar surface area (TPSA) is 46.2 Å². The fourth-order valence-corrected chi connectivity index (χ4v) is 5.05. The maximum atomic E-state index is 12.0.